The number of nitrogens with zero attached hydrogens (tertiary/aromatic N) is 2. The van der Waals surface area contributed by atoms with Gasteiger partial charge in [0.1, 0.15) is 16.7 Å². The minimum atomic E-state index is 0.574. The molecule has 0 fully saturated rings. The van der Waals surface area contributed by atoms with Crippen LogP contribution in [0.1, 0.15) is 0 Å². The van der Waals surface area contributed by atoms with Crippen LogP contribution in [0.5, 0.6) is 0 Å². The maximum absolute atomic E-state index is 6.48. The summed E-state index contributed by atoms with van der Waals surface area (Å²) in [6.07, 6.45) is 0. The van der Waals surface area contributed by atoms with Gasteiger partial charge < -0.3 is 13.7 Å². The molecule has 248 valence electrons. The molecule has 0 aliphatic heterocycles. The zero-order valence-electron chi connectivity index (χ0n) is 28.5. The van der Waals surface area contributed by atoms with E-state index in [9.17, 15) is 0 Å². The first-order chi connectivity index (χ1) is 26.3. The molecule has 4 heteroatoms. The highest BCUT2D eigenvalue weighted by Crippen LogP contribution is 2.45. The summed E-state index contributed by atoms with van der Waals surface area (Å²) in [4.78, 5) is 7.25. The first-order valence-electron chi connectivity index (χ1n) is 17.9. The van der Waals surface area contributed by atoms with Gasteiger partial charge in [0, 0.05) is 33.3 Å². The van der Waals surface area contributed by atoms with Crippen molar-refractivity contribution >= 4 is 82.4 Å². The van der Waals surface area contributed by atoms with Gasteiger partial charge >= 0.3 is 0 Å². The Kier molecular flexibility index (Phi) is 6.52. The van der Waals surface area contributed by atoms with Crippen molar-refractivity contribution in [3.8, 4) is 22.6 Å². The molecule has 0 N–H and O–H groups in total. The number of furan rings is 1. The SMILES string of the molecule is c1ccc(-c2ccccc2N(c2ccc3ccc4c5ccccc5ccc4c3c2)c2ccc3oc4cccc(-c5nc6ccccc6o5)c4c3c2)cc1. The summed E-state index contributed by atoms with van der Waals surface area (Å²) in [5.74, 6) is 0.574. The van der Waals surface area contributed by atoms with E-state index < -0.39 is 0 Å². The van der Waals surface area contributed by atoms with Crippen molar-refractivity contribution in [3.05, 3.63) is 182 Å². The van der Waals surface area contributed by atoms with Crippen LogP contribution < -0.4 is 4.90 Å². The lowest BCUT2D eigenvalue weighted by atomic mass is 9.96. The summed E-state index contributed by atoms with van der Waals surface area (Å²) in [7, 11) is 0. The minimum Gasteiger partial charge on any atom is -0.456 e. The highest BCUT2D eigenvalue weighted by Gasteiger charge is 2.22. The van der Waals surface area contributed by atoms with Gasteiger partial charge in [-0.1, -0.05) is 121 Å². The lowest BCUT2D eigenvalue weighted by molar-refractivity contribution is 0.620. The molecule has 11 rings (SSSR count). The summed E-state index contributed by atoms with van der Waals surface area (Å²) in [6.45, 7) is 0. The second-order valence-electron chi connectivity index (χ2n) is 13.5. The Morgan fingerprint density at radius 3 is 1.94 bits per heavy atom. The maximum Gasteiger partial charge on any atom is 0.228 e. The topological polar surface area (TPSA) is 42.4 Å². The number of hydrogen-bond acceptors (Lipinski definition) is 4. The average molecular weight is 679 g/mol. The lowest BCUT2D eigenvalue weighted by Crippen LogP contribution is -2.11. The second-order valence-corrected chi connectivity index (χ2v) is 13.5. The normalized spacial score (nSPS) is 11.8. The van der Waals surface area contributed by atoms with Crippen LogP contribution in [0.2, 0.25) is 0 Å². The van der Waals surface area contributed by atoms with E-state index in [0.717, 1.165) is 66.8 Å². The van der Waals surface area contributed by atoms with Crippen molar-refractivity contribution in [2.24, 2.45) is 0 Å². The van der Waals surface area contributed by atoms with Crippen LogP contribution in [0.15, 0.2) is 191 Å². The smallest absolute Gasteiger partial charge is 0.228 e. The van der Waals surface area contributed by atoms with E-state index in [4.69, 9.17) is 13.8 Å². The zero-order valence-corrected chi connectivity index (χ0v) is 28.5. The van der Waals surface area contributed by atoms with Gasteiger partial charge in [-0.05, 0) is 98.5 Å². The van der Waals surface area contributed by atoms with Crippen LogP contribution >= 0.6 is 0 Å². The maximum atomic E-state index is 6.48. The number of fused-ring (bicyclic) bond motifs is 9. The Morgan fingerprint density at radius 1 is 0.396 bits per heavy atom. The van der Waals surface area contributed by atoms with E-state index in [1.807, 2.05) is 36.4 Å². The molecule has 2 aromatic heterocycles. The van der Waals surface area contributed by atoms with Gasteiger partial charge in [-0.15, -0.1) is 0 Å². The number of para-hydroxylation sites is 3. The molecule has 0 bridgehead atoms. The predicted octanol–water partition coefficient (Wildman–Crippen LogP) is 14.0. The standard InChI is InChI=1S/C49H30N2O2/c1-2-11-31(12-3-1)37-15-6-8-18-44(37)51(34-24-21-33-23-26-38-36-14-5-4-13-32(36)22-27-39(38)41(33)29-34)35-25-28-45-42(30-35)48-40(16-10-20-47(48)52-45)49-50-43-17-7-9-19-46(43)53-49/h1-30H. The first-order valence-corrected chi connectivity index (χ1v) is 17.9. The molecule has 0 radical (unpaired) electrons. The highest BCUT2D eigenvalue weighted by atomic mass is 16.3. The van der Waals surface area contributed by atoms with Gasteiger partial charge in [0.2, 0.25) is 5.89 Å². The van der Waals surface area contributed by atoms with Crippen molar-refractivity contribution in [1.82, 2.24) is 4.98 Å². The molecule has 9 aromatic carbocycles. The average Bonchev–Trinajstić information content (AvgIpc) is 3.83. The van der Waals surface area contributed by atoms with Crippen LogP contribution in [0.3, 0.4) is 0 Å². The van der Waals surface area contributed by atoms with Crippen LogP contribution in [-0.4, -0.2) is 4.98 Å². The van der Waals surface area contributed by atoms with Crippen LogP contribution in [-0.2, 0) is 0 Å². The van der Waals surface area contributed by atoms with Crippen LogP contribution in [0, 0.1) is 0 Å². The highest BCUT2D eigenvalue weighted by molar-refractivity contribution is 6.18. The van der Waals surface area contributed by atoms with Crippen molar-refractivity contribution in [2.75, 3.05) is 4.90 Å². The molecule has 53 heavy (non-hydrogen) atoms. The molecule has 0 saturated carbocycles. The van der Waals surface area contributed by atoms with E-state index >= 15 is 0 Å². The Labute approximate surface area is 304 Å². The summed E-state index contributed by atoms with van der Waals surface area (Å²) >= 11 is 0. The van der Waals surface area contributed by atoms with Gasteiger partial charge in [-0.25, -0.2) is 4.98 Å². The first kappa shape index (κ1) is 29.5. The molecule has 0 atom stereocenters. The summed E-state index contributed by atoms with van der Waals surface area (Å²) in [6, 6.07) is 64.2. The Balaban J connectivity index is 1.17. The fourth-order valence-corrected chi connectivity index (χ4v) is 8.02. The third kappa shape index (κ3) is 4.73. The predicted molar refractivity (Wildman–Crippen MR) is 219 cm³/mol. The zero-order chi connectivity index (χ0) is 34.9. The Hall–Kier alpha value is -7.17. The van der Waals surface area contributed by atoms with E-state index in [1.54, 1.807) is 0 Å². The molecule has 0 saturated heterocycles. The minimum absolute atomic E-state index is 0.574. The molecule has 0 amide bonds. The van der Waals surface area contributed by atoms with E-state index in [1.165, 1.54) is 32.3 Å². The molecule has 0 aliphatic rings. The van der Waals surface area contributed by atoms with Gasteiger partial charge in [-0.2, -0.15) is 0 Å². The molecule has 2 heterocycles. The Bertz CT molecular complexity index is 3160. The summed E-state index contributed by atoms with van der Waals surface area (Å²) in [5, 5.41) is 9.37. The number of benzene rings is 9. The molecule has 0 aliphatic carbocycles. The third-order valence-corrected chi connectivity index (χ3v) is 10.5. The third-order valence-electron chi connectivity index (χ3n) is 10.5. The van der Waals surface area contributed by atoms with Gasteiger partial charge in [-0.3, -0.25) is 0 Å². The second kappa shape index (κ2) is 11.7. The van der Waals surface area contributed by atoms with E-state index in [2.05, 4.69) is 150 Å². The summed E-state index contributed by atoms with van der Waals surface area (Å²) in [5.41, 5.74) is 9.53. The van der Waals surface area contributed by atoms with Crippen LogP contribution in [0.25, 0.3) is 87.9 Å². The number of aromatic nitrogens is 1. The molecular formula is C49H30N2O2. The molecule has 11 aromatic rings. The molecule has 4 nitrogen and oxygen atoms in total. The molecular weight excluding hydrogens is 649 g/mol. The van der Waals surface area contributed by atoms with Gasteiger partial charge in [0.25, 0.3) is 0 Å². The van der Waals surface area contributed by atoms with E-state index in [0.29, 0.717) is 5.89 Å². The molecule has 0 unspecified atom stereocenters. The van der Waals surface area contributed by atoms with Gasteiger partial charge in [0.05, 0.1) is 5.69 Å². The van der Waals surface area contributed by atoms with E-state index in [-0.39, 0.29) is 0 Å². The van der Waals surface area contributed by atoms with Crippen LogP contribution in [0.4, 0.5) is 17.1 Å². The van der Waals surface area contributed by atoms with Crippen molar-refractivity contribution in [3.63, 3.8) is 0 Å². The van der Waals surface area contributed by atoms with Crippen molar-refractivity contribution < 1.29 is 8.83 Å². The largest absolute Gasteiger partial charge is 0.456 e. The van der Waals surface area contributed by atoms with Gasteiger partial charge in [0.15, 0.2) is 5.58 Å². The number of oxazole rings is 1. The van der Waals surface area contributed by atoms with Crippen molar-refractivity contribution in [2.45, 2.75) is 0 Å². The quantitative estimate of drug-likeness (QED) is 0.170. The Morgan fingerprint density at radius 2 is 1.06 bits per heavy atom. The van der Waals surface area contributed by atoms with Crippen molar-refractivity contribution in [1.29, 1.82) is 0 Å². The number of hydrogen-bond donors (Lipinski definition) is 0. The molecule has 0 spiro atoms. The number of anilines is 3. The monoisotopic (exact) mass is 678 g/mol. The summed E-state index contributed by atoms with van der Waals surface area (Å²) < 4.78 is 12.8. The lowest BCUT2D eigenvalue weighted by Gasteiger charge is -2.28. The fraction of sp³-hybridized carbons (Fsp3) is 0. The number of rotatable bonds is 5. The fourth-order valence-electron chi connectivity index (χ4n) is 8.02.